The number of hydrogen-bond acceptors (Lipinski definition) is 5. The lowest BCUT2D eigenvalue weighted by Gasteiger charge is -2.35. The number of likely N-dealkylation sites (N-methyl/N-ethyl adjacent to an activating group) is 1. The Labute approximate surface area is 133 Å². The Morgan fingerprint density at radius 1 is 1.27 bits per heavy atom. The highest BCUT2D eigenvalue weighted by atomic mass is 32.2. The van der Waals surface area contributed by atoms with Gasteiger partial charge in [-0.25, -0.2) is 18.1 Å². The van der Waals surface area contributed by atoms with Crippen LogP contribution < -0.4 is 4.72 Å². The van der Waals surface area contributed by atoms with E-state index in [1.165, 1.54) is 12.5 Å². The fraction of sp³-hybridized carbons (Fsp3) is 0.786. The average Bonchev–Trinajstić information content (AvgIpc) is 2.94. The second kappa shape index (κ2) is 7.54. The second-order valence-corrected chi connectivity index (χ2v) is 7.78. The summed E-state index contributed by atoms with van der Waals surface area (Å²) in [5, 5.41) is 0.0822. The van der Waals surface area contributed by atoms with E-state index in [0.717, 1.165) is 39.3 Å². The number of rotatable bonds is 7. The van der Waals surface area contributed by atoms with E-state index < -0.39 is 10.0 Å². The van der Waals surface area contributed by atoms with Crippen LogP contribution in [0.25, 0.3) is 0 Å². The van der Waals surface area contributed by atoms with Crippen LogP contribution in [0.15, 0.2) is 17.6 Å². The molecule has 1 aliphatic rings. The molecule has 126 valence electrons. The molecule has 1 aliphatic heterocycles. The Morgan fingerprint density at radius 2 is 1.91 bits per heavy atom. The van der Waals surface area contributed by atoms with E-state index >= 15 is 0 Å². The third kappa shape index (κ3) is 4.77. The van der Waals surface area contributed by atoms with Crippen LogP contribution >= 0.6 is 0 Å². The minimum absolute atomic E-state index is 0.0822. The van der Waals surface area contributed by atoms with Gasteiger partial charge >= 0.3 is 0 Å². The van der Waals surface area contributed by atoms with Gasteiger partial charge in [-0.3, -0.25) is 0 Å². The fourth-order valence-corrected chi connectivity index (χ4v) is 3.79. The van der Waals surface area contributed by atoms with Crippen molar-refractivity contribution in [2.45, 2.75) is 18.9 Å². The van der Waals surface area contributed by atoms with Crippen molar-refractivity contribution in [3.63, 3.8) is 0 Å². The maximum atomic E-state index is 12.1. The molecular formula is C14H27N5O2S. The molecule has 1 fully saturated rings. The van der Waals surface area contributed by atoms with E-state index in [9.17, 15) is 8.42 Å². The molecule has 0 aromatic carbocycles. The summed E-state index contributed by atoms with van der Waals surface area (Å²) < 4.78 is 28.5. The molecule has 8 heteroatoms. The molecule has 1 aromatic heterocycles. The summed E-state index contributed by atoms with van der Waals surface area (Å²) in [4.78, 5) is 8.74. The molecule has 0 radical (unpaired) electrons. The minimum atomic E-state index is -3.50. The molecule has 1 unspecified atom stereocenters. The van der Waals surface area contributed by atoms with E-state index in [1.54, 1.807) is 11.6 Å². The van der Waals surface area contributed by atoms with Crippen LogP contribution in [0.5, 0.6) is 0 Å². The van der Waals surface area contributed by atoms with Crippen LogP contribution in [0.3, 0.4) is 0 Å². The van der Waals surface area contributed by atoms with Crippen molar-refractivity contribution in [2.75, 3.05) is 45.8 Å². The monoisotopic (exact) mass is 329 g/mol. The molecule has 0 aliphatic carbocycles. The first-order valence-electron chi connectivity index (χ1n) is 7.83. The molecule has 0 saturated carbocycles. The Hall–Kier alpha value is -0.960. The van der Waals surface area contributed by atoms with Gasteiger partial charge in [0.15, 0.2) is 5.03 Å². The van der Waals surface area contributed by atoms with Gasteiger partial charge in [-0.2, -0.15) is 0 Å². The molecule has 0 spiro atoms. The van der Waals surface area contributed by atoms with Gasteiger partial charge in [0.05, 0.1) is 6.33 Å². The van der Waals surface area contributed by atoms with Crippen molar-refractivity contribution in [2.24, 2.45) is 13.0 Å². The third-order valence-corrected chi connectivity index (χ3v) is 5.37. The average molecular weight is 329 g/mol. The van der Waals surface area contributed by atoms with E-state index in [-0.39, 0.29) is 10.9 Å². The number of sulfonamides is 1. The van der Waals surface area contributed by atoms with Gasteiger partial charge in [0.1, 0.15) is 0 Å². The molecule has 1 saturated heterocycles. The first-order valence-corrected chi connectivity index (χ1v) is 9.31. The third-order valence-electron chi connectivity index (χ3n) is 4.06. The minimum Gasteiger partial charge on any atom is -0.339 e. The molecule has 7 nitrogen and oxygen atoms in total. The largest absolute Gasteiger partial charge is 0.339 e. The highest BCUT2D eigenvalue weighted by Gasteiger charge is 2.20. The first-order chi connectivity index (χ1) is 10.4. The van der Waals surface area contributed by atoms with Crippen molar-refractivity contribution in [3.05, 3.63) is 12.5 Å². The zero-order valence-electron chi connectivity index (χ0n) is 13.7. The van der Waals surface area contributed by atoms with Gasteiger partial charge in [-0.1, -0.05) is 13.8 Å². The predicted molar refractivity (Wildman–Crippen MR) is 86.1 cm³/mol. The van der Waals surface area contributed by atoms with E-state index in [1.807, 2.05) is 0 Å². The van der Waals surface area contributed by atoms with Crippen molar-refractivity contribution >= 4 is 10.0 Å². The van der Waals surface area contributed by atoms with Gasteiger partial charge in [0.2, 0.25) is 0 Å². The van der Waals surface area contributed by atoms with Gasteiger partial charge in [0, 0.05) is 52.5 Å². The van der Waals surface area contributed by atoms with Crippen LogP contribution in [0, 0.1) is 5.92 Å². The number of piperazine rings is 1. The zero-order chi connectivity index (χ0) is 16.2. The number of aromatic nitrogens is 2. The van der Waals surface area contributed by atoms with E-state index in [4.69, 9.17) is 0 Å². The topological polar surface area (TPSA) is 70.5 Å². The smallest absolute Gasteiger partial charge is 0.259 e. The predicted octanol–water partition coefficient (Wildman–Crippen LogP) is -0.0280. The maximum absolute atomic E-state index is 12.1. The Kier molecular flexibility index (Phi) is 5.96. The Morgan fingerprint density at radius 3 is 2.45 bits per heavy atom. The lowest BCUT2D eigenvalue weighted by atomic mass is 10.1. The van der Waals surface area contributed by atoms with Crippen LogP contribution in [0.4, 0.5) is 0 Å². The highest BCUT2D eigenvalue weighted by Crippen LogP contribution is 2.07. The Balaban J connectivity index is 1.77. The molecule has 0 amide bonds. The van der Waals surface area contributed by atoms with Crippen molar-refractivity contribution in [1.82, 2.24) is 24.1 Å². The van der Waals surface area contributed by atoms with Crippen molar-refractivity contribution in [1.29, 1.82) is 0 Å². The standard InChI is InChI=1S/C14H27N5O2S/c1-4-18-5-7-19(8-6-18)10-13(2)9-16-22(20,21)14-11-17(3)12-15-14/h11-13,16H,4-10H2,1-3H3. The molecule has 0 bridgehead atoms. The summed E-state index contributed by atoms with van der Waals surface area (Å²) in [6.07, 6.45) is 3.00. The number of imidazole rings is 1. The number of nitrogens with zero attached hydrogens (tertiary/aromatic N) is 4. The summed E-state index contributed by atoms with van der Waals surface area (Å²) in [6.45, 7) is 11.0. The zero-order valence-corrected chi connectivity index (χ0v) is 14.5. The van der Waals surface area contributed by atoms with Gasteiger partial charge in [0.25, 0.3) is 10.0 Å². The van der Waals surface area contributed by atoms with Gasteiger partial charge in [-0.05, 0) is 12.5 Å². The molecule has 1 N–H and O–H groups in total. The highest BCUT2D eigenvalue weighted by molar-refractivity contribution is 7.89. The normalized spacial score (nSPS) is 19.4. The summed E-state index contributed by atoms with van der Waals surface area (Å²) in [5.74, 6) is 0.270. The van der Waals surface area contributed by atoms with E-state index in [0.29, 0.717) is 6.54 Å². The molecule has 2 rings (SSSR count). The summed E-state index contributed by atoms with van der Waals surface area (Å²) in [5.41, 5.74) is 0. The SMILES string of the molecule is CCN1CCN(CC(C)CNS(=O)(=O)c2cn(C)cn2)CC1. The van der Waals surface area contributed by atoms with Crippen LogP contribution in [-0.4, -0.2) is 73.6 Å². The molecule has 1 aromatic rings. The summed E-state index contributed by atoms with van der Waals surface area (Å²) in [7, 11) is -1.74. The molecular weight excluding hydrogens is 302 g/mol. The quantitative estimate of drug-likeness (QED) is 0.761. The summed E-state index contributed by atoms with van der Waals surface area (Å²) >= 11 is 0. The van der Waals surface area contributed by atoms with Crippen molar-refractivity contribution in [3.8, 4) is 0 Å². The number of aryl methyl sites for hydroxylation is 1. The number of hydrogen-bond donors (Lipinski definition) is 1. The lowest BCUT2D eigenvalue weighted by molar-refractivity contribution is 0.125. The lowest BCUT2D eigenvalue weighted by Crippen LogP contribution is -2.48. The van der Waals surface area contributed by atoms with Crippen molar-refractivity contribution < 1.29 is 8.42 Å². The fourth-order valence-electron chi connectivity index (χ4n) is 2.65. The molecule has 2 heterocycles. The van der Waals surface area contributed by atoms with Crippen LogP contribution in [0.1, 0.15) is 13.8 Å². The molecule has 22 heavy (non-hydrogen) atoms. The number of nitrogens with one attached hydrogen (secondary N) is 1. The maximum Gasteiger partial charge on any atom is 0.259 e. The first kappa shape index (κ1) is 17.4. The van der Waals surface area contributed by atoms with E-state index in [2.05, 4.69) is 33.4 Å². The van der Waals surface area contributed by atoms with Gasteiger partial charge < -0.3 is 14.4 Å². The summed E-state index contributed by atoms with van der Waals surface area (Å²) in [6, 6.07) is 0. The van der Waals surface area contributed by atoms with Crippen LogP contribution in [-0.2, 0) is 17.1 Å². The van der Waals surface area contributed by atoms with Crippen LogP contribution in [0.2, 0.25) is 0 Å². The van der Waals surface area contributed by atoms with Gasteiger partial charge in [-0.15, -0.1) is 0 Å². The Bertz CT molecular complexity index is 564. The second-order valence-electron chi connectivity index (χ2n) is 6.07. The molecule has 1 atom stereocenters.